The Bertz CT molecular complexity index is 1170. The number of aromatic nitrogens is 1. The molecule has 0 spiro atoms. The van der Waals surface area contributed by atoms with Crippen molar-refractivity contribution in [3.63, 3.8) is 0 Å². The molecule has 0 aliphatic carbocycles. The van der Waals surface area contributed by atoms with Gasteiger partial charge in [-0.1, -0.05) is 6.07 Å². The molecule has 2 aliphatic heterocycles. The molecule has 0 saturated carbocycles. The van der Waals surface area contributed by atoms with Gasteiger partial charge in [0.05, 0.1) is 12.2 Å². The summed E-state index contributed by atoms with van der Waals surface area (Å²) in [5.41, 5.74) is 2.30. The van der Waals surface area contributed by atoms with Crippen LogP contribution >= 0.6 is 0 Å². The molecular formula is C28H29FN2O4. The summed E-state index contributed by atoms with van der Waals surface area (Å²) < 4.78 is 31.5. The van der Waals surface area contributed by atoms with Gasteiger partial charge >= 0.3 is 0 Å². The molecule has 5 rings (SSSR count). The summed E-state index contributed by atoms with van der Waals surface area (Å²) in [6.45, 7) is 2.40. The van der Waals surface area contributed by atoms with Gasteiger partial charge in [0.15, 0.2) is 17.3 Å². The van der Waals surface area contributed by atoms with Crippen molar-refractivity contribution in [2.24, 2.45) is 5.92 Å². The van der Waals surface area contributed by atoms with Gasteiger partial charge in [-0.2, -0.15) is 0 Å². The number of carbonyl (C=O) groups excluding carboxylic acids is 1. The van der Waals surface area contributed by atoms with Crippen molar-refractivity contribution < 1.29 is 23.4 Å². The molecule has 0 amide bonds. The number of halogens is 1. The number of Topliss-reactive ketones (excluding diaryl/α,β-unsaturated/α-hetero) is 1. The first kappa shape index (κ1) is 23.3. The van der Waals surface area contributed by atoms with E-state index >= 15 is 0 Å². The number of hydrogen-bond donors (Lipinski definition) is 1. The minimum atomic E-state index is -0.454. The first-order chi connectivity index (χ1) is 17.2. The molecule has 0 radical (unpaired) electrons. The maximum absolute atomic E-state index is 14.6. The average molecular weight is 477 g/mol. The molecule has 1 fully saturated rings. The number of rotatable bonds is 9. The summed E-state index contributed by atoms with van der Waals surface area (Å²) in [6.07, 6.45) is 6.13. The predicted octanol–water partition coefficient (Wildman–Crippen LogP) is 4.93. The summed E-state index contributed by atoms with van der Waals surface area (Å²) in [7, 11) is 0. The van der Waals surface area contributed by atoms with Gasteiger partial charge in [0.25, 0.3) is 0 Å². The summed E-state index contributed by atoms with van der Waals surface area (Å²) in [4.78, 5) is 16.9. The van der Waals surface area contributed by atoms with Gasteiger partial charge in [0, 0.05) is 37.3 Å². The zero-order chi connectivity index (χ0) is 24.0. The van der Waals surface area contributed by atoms with E-state index in [2.05, 4.69) is 10.3 Å². The Morgan fingerprint density at radius 2 is 1.94 bits per heavy atom. The average Bonchev–Trinajstić information content (AvgIpc) is 3.37. The summed E-state index contributed by atoms with van der Waals surface area (Å²) in [6, 6.07) is 14.4. The van der Waals surface area contributed by atoms with Crippen LogP contribution in [0.4, 0.5) is 4.39 Å². The Labute approximate surface area is 204 Å². The second-order valence-electron chi connectivity index (χ2n) is 9.06. The minimum Gasteiger partial charge on any atom is -0.493 e. The van der Waals surface area contributed by atoms with Gasteiger partial charge in [0.2, 0.25) is 6.79 Å². The van der Waals surface area contributed by atoms with Crippen LogP contribution in [0.25, 0.3) is 0 Å². The van der Waals surface area contributed by atoms with Gasteiger partial charge in [-0.05, 0) is 79.3 Å². The van der Waals surface area contributed by atoms with Crippen LogP contribution in [0.2, 0.25) is 0 Å². The largest absolute Gasteiger partial charge is 0.493 e. The molecule has 2 aromatic carbocycles. The molecule has 35 heavy (non-hydrogen) atoms. The van der Waals surface area contributed by atoms with Crippen molar-refractivity contribution >= 4 is 5.78 Å². The highest BCUT2D eigenvalue weighted by molar-refractivity contribution is 5.96. The number of aryl methyl sites for hydroxylation is 1. The number of pyridine rings is 1. The zero-order valence-corrected chi connectivity index (χ0v) is 19.5. The van der Waals surface area contributed by atoms with E-state index < -0.39 is 5.82 Å². The Hall–Kier alpha value is -3.45. The Balaban J connectivity index is 1.24. The topological polar surface area (TPSA) is 69.7 Å². The Morgan fingerprint density at radius 1 is 1.09 bits per heavy atom. The Morgan fingerprint density at radius 3 is 2.83 bits per heavy atom. The van der Waals surface area contributed by atoms with E-state index in [1.165, 1.54) is 6.07 Å². The van der Waals surface area contributed by atoms with Crippen molar-refractivity contribution in [2.75, 3.05) is 26.5 Å². The lowest BCUT2D eigenvalue weighted by Gasteiger charge is -2.32. The van der Waals surface area contributed by atoms with Crippen LogP contribution in [0.15, 0.2) is 60.9 Å². The van der Waals surface area contributed by atoms with Crippen molar-refractivity contribution in [3.05, 3.63) is 83.4 Å². The summed E-state index contributed by atoms with van der Waals surface area (Å²) >= 11 is 0. The minimum absolute atomic E-state index is 0.152. The fourth-order valence-electron chi connectivity index (χ4n) is 4.83. The van der Waals surface area contributed by atoms with Gasteiger partial charge < -0.3 is 19.5 Å². The third-order valence-electron chi connectivity index (χ3n) is 6.75. The van der Waals surface area contributed by atoms with Gasteiger partial charge in [-0.25, -0.2) is 4.39 Å². The van der Waals surface area contributed by atoms with E-state index in [1.54, 1.807) is 18.5 Å². The molecule has 7 heteroatoms. The van der Waals surface area contributed by atoms with Crippen molar-refractivity contribution in [1.29, 1.82) is 0 Å². The van der Waals surface area contributed by atoms with Gasteiger partial charge in [-0.15, -0.1) is 0 Å². The maximum atomic E-state index is 14.6. The molecule has 1 saturated heterocycles. The van der Waals surface area contributed by atoms with Gasteiger partial charge in [0.1, 0.15) is 11.6 Å². The summed E-state index contributed by atoms with van der Waals surface area (Å²) in [5, 5.41) is 3.43. The molecule has 0 bridgehead atoms. The number of nitrogens with zero attached hydrogens (tertiary/aromatic N) is 1. The molecule has 182 valence electrons. The van der Waals surface area contributed by atoms with Crippen LogP contribution in [0.5, 0.6) is 17.2 Å². The fraction of sp³-hybridized carbons (Fsp3) is 0.357. The lowest BCUT2D eigenvalue weighted by Crippen LogP contribution is -2.38. The molecule has 3 heterocycles. The van der Waals surface area contributed by atoms with Crippen molar-refractivity contribution in [2.45, 2.75) is 31.6 Å². The third-order valence-corrected chi connectivity index (χ3v) is 6.75. The lowest BCUT2D eigenvalue weighted by molar-refractivity contribution is 0.0976. The zero-order valence-electron chi connectivity index (χ0n) is 19.5. The highest BCUT2D eigenvalue weighted by atomic mass is 19.1. The van der Waals surface area contributed by atoms with E-state index in [0.29, 0.717) is 25.2 Å². The maximum Gasteiger partial charge on any atom is 0.231 e. The highest BCUT2D eigenvalue weighted by Crippen LogP contribution is 2.36. The number of ether oxygens (including phenoxy) is 3. The predicted molar refractivity (Wildman–Crippen MR) is 130 cm³/mol. The molecule has 3 aromatic rings. The number of hydrogen-bond acceptors (Lipinski definition) is 6. The van der Waals surface area contributed by atoms with Crippen LogP contribution in [0, 0.1) is 11.7 Å². The molecule has 0 unspecified atom stereocenters. The molecule has 6 nitrogen and oxygen atoms in total. The highest BCUT2D eigenvalue weighted by Gasteiger charge is 2.28. The van der Waals surface area contributed by atoms with Crippen LogP contribution in [-0.2, 0) is 6.42 Å². The molecule has 2 atom stereocenters. The monoisotopic (exact) mass is 476 g/mol. The van der Waals surface area contributed by atoms with E-state index in [-0.39, 0.29) is 30.0 Å². The fourth-order valence-corrected chi connectivity index (χ4v) is 4.83. The first-order valence-electron chi connectivity index (χ1n) is 12.1. The number of fused-ring (bicyclic) bond motifs is 1. The second-order valence-corrected chi connectivity index (χ2v) is 9.06. The first-order valence-corrected chi connectivity index (χ1v) is 12.1. The van der Waals surface area contributed by atoms with Crippen LogP contribution in [0.3, 0.4) is 0 Å². The van der Waals surface area contributed by atoms with Crippen LogP contribution in [0.1, 0.15) is 46.7 Å². The van der Waals surface area contributed by atoms with E-state index in [9.17, 15) is 9.18 Å². The number of benzene rings is 2. The van der Waals surface area contributed by atoms with E-state index in [4.69, 9.17) is 14.2 Å². The molecule has 2 aliphatic rings. The van der Waals surface area contributed by atoms with Crippen molar-refractivity contribution in [3.8, 4) is 17.2 Å². The molecule has 1 N–H and O–H groups in total. The lowest BCUT2D eigenvalue weighted by atomic mass is 9.80. The smallest absolute Gasteiger partial charge is 0.231 e. The second kappa shape index (κ2) is 10.9. The molecular weight excluding hydrogens is 447 g/mol. The number of carbonyl (C=O) groups is 1. The quantitative estimate of drug-likeness (QED) is 0.442. The van der Waals surface area contributed by atoms with Crippen molar-refractivity contribution in [1.82, 2.24) is 10.3 Å². The van der Waals surface area contributed by atoms with Crippen LogP contribution < -0.4 is 19.5 Å². The Kier molecular flexibility index (Phi) is 7.23. The number of piperidine rings is 1. The normalized spacial score (nSPS) is 18.9. The third kappa shape index (κ3) is 5.62. The standard InChI is InChI=1S/C28H29FN2O4/c29-25-6-4-20(14-24(25)26(32)3-1-2-19-8-11-30-12-9-19)23-10-13-31-16-21(23)17-33-22-5-7-27-28(15-22)35-18-34-27/h4-9,11-12,14-15,21,23,31H,1-3,10,13,16-18H2/t21-,23-/m0/s1. The number of ketones is 1. The van der Waals surface area contributed by atoms with Crippen LogP contribution in [-0.4, -0.2) is 37.3 Å². The number of nitrogens with one attached hydrogen (secondary N) is 1. The van der Waals surface area contributed by atoms with E-state index in [1.807, 2.05) is 36.4 Å². The van der Waals surface area contributed by atoms with Gasteiger partial charge in [-0.3, -0.25) is 9.78 Å². The molecule has 1 aromatic heterocycles. The van der Waals surface area contributed by atoms with E-state index in [0.717, 1.165) is 48.6 Å². The summed E-state index contributed by atoms with van der Waals surface area (Å²) in [5.74, 6) is 1.89. The SMILES string of the molecule is O=C(CCCc1ccncc1)c1cc([C@@H]2CCNC[C@H]2COc2ccc3c(c2)OCO3)ccc1F.